The molecule has 1 saturated heterocycles. The SMILES string of the molecule is Cc1ccc(N2CCN(C(=O)CCCc3ccc(C)c(C)c3)CC2)cc1. The van der Waals surface area contributed by atoms with Crippen LogP contribution in [0.2, 0.25) is 0 Å². The monoisotopic (exact) mass is 350 g/mol. The molecule has 0 radical (unpaired) electrons. The summed E-state index contributed by atoms with van der Waals surface area (Å²) >= 11 is 0. The van der Waals surface area contributed by atoms with Crippen molar-refractivity contribution in [3.63, 3.8) is 0 Å². The lowest BCUT2D eigenvalue weighted by atomic mass is 10.0. The van der Waals surface area contributed by atoms with E-state index in [1.165, 1.54) is 27.9 Å². The molecular weight excluding hydrogens is 320 g/mol. The Morgan fingerprint density at radius 3 is 2.23 bits per heavy atom. The molecule has 1 amide bonds. The number of benzene rings is 2. The van der Waals surface area contributed by atoms with Gasteiger partial charge in [-0.15, -0.1) is 0 Å². The van der Waals surface area contributed by atoms with Crippen molar-refractivity contribution in [3.8, 4) is 0 Å². The first-order chi connectivity index (χ1) is 12.5. The van der Waals surface area contributed by atoms with Crippen LogP contribution in [0.1, 0.15) is 35.1 Å². The number of rotatable bonds is 5. The van der Waals surface area contributed by atoms with Crippen LogP contribution >= 0.6 is 0 Å². The Hall–Kier alpha value is -2.29. The average Bonchev–Trinajstić information content (AvgIpc) is 2.65. The Bertz CT molecular complexity index is 743. The maximum atomic E-state index is 12.5. The van der Waals surface area contributed by atoms with Crippen LogP contribution in [0.5, 0.6) is 0 Å². The zero-order valence-electron chi connectivity index (χ0n) is 16.3. The normalized spacial score (nSPS) is 14.6. The van der Waals surface area contributed by atoms with Crippen LogP contribution in [-0.2, 0) is 11.2 Å². The summed E-state index contributed by atoms with van der Waals surface area (Å²) in [5, 5.41) is 0. The van der Waals surface area contributed by atoms with Crippen molar-refractivity contribution in [2.75, 3.05) is 31.1 Å². The van der Waals surface area contributed by atoms with Crippen molar-refractivity contribution in [1.82, 2.24) is 4.90 Å². The van der Waals surface area contributed by atoms with Crippen LogP contribution in [0.15, 0.2) is 42.5 Å². The maximum Gasteiger partial charge on any atom is 0.222 e. The number of carbonyl (C=O) groups is 1. The topological polar surface area (TPSA) is 23.6 Å². The number of nitrogens with zero attached hydrogens (tertiary/aromatic N) is 2. The third-order valence-corrected chi connectivity index (χ3v) is 5.46. The van der Waals surface area contributed by atoms with E-state index in [0.717, 1.165) is 39.0 Å². The fraction of sp³-hybridized carbons (Fsp3) is 0.435. The summed E-state index contributed by atoms with van der Waals surface area (Å²) < 4.78 is 0. The highest BCUT2D eigenvalue weighted by molar-refractivity contribution is 5.76. The lowest BCUT2D eigenvalue weighted by molar-refractivity contribution is -0.131. The molecule has 1 fully saturated rings. The van der Waals surface area contributed by atoms with E-state index >= 15 is 0 Å². The minimum atomic E-state index is 0.303. The molecule has 138 valence electrons. The molecule has 0 aliphatic carbocycles. The van der Waals surface area contributed by atoms with Gasteiger partial charge in [-0.2, -0.15) is 0 Å². The van der Waals surface area contributed by atoms with E-state index in [0.29, 0.717) is 12.3 Å². The molecule has 0 atom stereocenters. The van der Waals surface area contributed by atoms with Gasteiger partial charge in [0, 0.05) is 38.3 Å². The molecular formula is C23H30N2O. The number of hydrogen-bond acceptors (Lipinski definition) is 2. The molecule has 0 aromatic heterocycles. The van der Waals surface area contributed by atoms with Gasteiger partial charge in [0.1, 0.15) is 0 Å². The van der Waals surface area contributed by atoms with Crippen molar-refractivity contribution in [2.45, 2.75) is 40.0 Å². The zero-order chi connectivity index (χ0) is 18.5. The maximum absolute atomic E-state index is 12.5. The second-order valence-electron chi connectivity index (χ2n) is 7.48. The molecule has 1 aliphatic heterocycles. The first-order valence-corrected chi connectivity index (χ1v) is 9.68. The predicted molar refractivity (Wildman–Crippen MR) is 109 cm³/mol. The van der Waals surface area contributed by atoms with Crippen LogP contribution < -0.4 is 4.90 Å². The first-order valence-electron chi connectivity index (χ1n) is 9.68. The van der Waals surface area contributed by atoms with Crippen LogP contribution in [-0.4, -0.2) is 37.0 Å². The fourth-order valence-corrected chi connectivity index (χ4v) is 3.53. The number of anilines is 1. The summed E-state index contributed by atoms with van der Waals surface area (Å²) in [7, 11) is 0. The number of aryl methyl sites for hydroxylation is 4. The molecule has 3 heteroatoms. The minimum absolute atomic E-state index is 0.303. The summed E-state index contributed by atoms with van der Waals surface area (Å²) in [4.78, 5) is 16.9. The molecule has 0 N–H and O–H groups in total. The summed E-state index contributed by atoms with van der Waals surface area (Å²) in [5.41, 5.74) is 6.55. The second-order valence-corrected chi connectivity index (χ2v) is 7.48. The Morgan fingerprint density at radius 1 is 0.885 bits per heavy atom. The largest absolute Gasteiger partial charge is 0.368 e. The highest BCUT2D eigenvalue weighted by Crippen LogP contribution is 2.18. The van der Waals surface area contributed by atoms with Crippen LogP contribution in [0.3, 0.4) is 0 Å². The van der Waals surface area contributed by atoms with Gasteiger partial charge in [-0.3, -0.25) is 4.79 Å². The van der Waals surface area contributed by atoms with E-state index in [1.807, 2.05) is 4.90 Å². The molecule has 3 nitrogen and oxygen atoms in total. The van der Waals surface area contributed by atoms with Crippen molar-refractivity contribution in [2.24, 2.45) is 0 Å². The van der Waals surface area contributed by atoms with E-state index in [1.54, 1.807) is 0 Å². The summed E-state index contributed by atoms with van der Waals surface area (Å²) in [5.74, 6) is 0.303. The van der Waals surface area contributed by atoms with Gasteiger partial charge in [0.2, 0.25) is 5.91 Å². The Morgan fingerprint density at radius 2 is 1.58 bits per heavy atom. The quantitative estimate of drug-likeness (QED) is 0.803. The Labute approximate surface area is 157 Å². The van der Waals surface area contributed by atoms with Gasteiger partial charge >= 0.3 is 0 Å². The van der Waals surface area contributed by atoms with E-state index in [2.05, 4.69) is 68.1 Å². The van der Waals surface area contributed by atoms with Gasteiger partial charge in [-0.25, -0.2) is 0 Å². The molecule has 3 rings (SSSR count). The molecule has 0 saturated carbocycles. The third kappa shape index (κ3) is 4.66. The zero-order valence-corrected chi connectivity index (χ0v) is 16.3. The highest BCUT2D eigenvalue weighted by Gasteiger charge is 2.20. The average molecular weight is 351 g/mol. The van der Waals surface area contributed by atoms with Gasteiger partial charge in [0.25, 0.3) is 0 Å². The Kier molecular flexibility index (Phi) is 5.97. The number of hydrogen-bond donors (Lipinski definition) is 0. The predicted octanol–water partition coefficient (Wildman–Crippen LogP) is 4.28. The lowest BCUT2D eigenvalue weighted by Gasteiger charge is -2.36. The molecule has 1 aliphatic rings. The van der Waals surface area contributed by atoms with Crippen LogP contribution in [0.25, 0.3) is 0 Å². The van der Waals surface area contributed by atoms with Crippen molar-refractivity contribution < 1.29 is 4.79 Å². The summed E-state index contributed by atoms with van der Waals surface area (Å²) in [6.45, 7) is 9.90. The van der Waals surface area contributed by atoms with Gasteiger partial charge in [-0.05, 0) is 62.4 Å². The first kappa shape index (κ1) is 18.5. The molecule has 26 heavy (non-hydrogen) atoms. The van der Waals surface area contributed by atoms with Crippen molar-refractivity contribution in [3.05, 3.63) is 64.7 Å². The summed E-state index contributed by atoms with van der Waals surface area (Å²) in [6, 6.07) is 15.3. The molecule has 0 spiro atoms. The third-order valence-electron chi connectivity index (χ3n) is 5.46. The van der Waals surface area contributed by atoms with E-state index in [-0.39, 0.29) is 0 Å². The number of piperazine rings is 1. The van der Waals surface area contributed by atoms with Gasteiger partial charge < -0.3 is 9.80 Å². The van der Waals surface area contributed by atoms with E-state index in [9.17, 15) is 4.79 Å². The standard InChI is InChI=1S/C23H30N2O/c1-18-7-11-22(12-8-18)24-13-15-25(16-14-24)23(26)6-4-5-21-10-9-19(2)20(3)17-21/h7-12,17H,4-6,13-16H2,1-3H3. The summed E-state index contributed by atoms with van der Waals surface area (Å²) in [6.07, 6.45) is 2.56. The van der Waals surface area contributed by atoms with Crippen molar-refractivity contribution in [1.29, 1.82) is 0 Å². The fourth-order valence-electron chi connectivity index (χ4n) is 3.53. The van der Waals surface area contributed by atoms with Crippen molar-refractivity contribution >= 4 is 11.6 Å². The highest BCUT2D eigenvalue weighted by atomic mass is 16.2. The van der Waals surface area contributed by atoms with Gasteiger partial charge in [0.05, 0.1) is 0 Å². The second kappa shape index (κ2) is 8.39. The molecule has 2 aromatic rings. The smallest absolute Gasteiger partial charge is 0.222 e. The van der Waals surface area contributed by atoms with E-state index < -0.39 is 0 Å². The minimum Gasteiger partial charge on any atom is -0.368 e. The van der Waals surface area contributed by atoms with Crippen LogP contribution in [0, 0.1) is 20.8 Å². The lowest BCUT2D eigenvalue weighted by Crippen LogP contribution is -2.48. The molecule has 0 unspecified atom stereocenters. The number of amides is 1. The van der Waals surface area contributed by atoms with Gasteiger partial charge in [0.15, 0.2) is 0 Å². The molecule has 0 bridgehead atoms. The molecule has 1 heterocycles. The van der Waals surface area contributed by atoms with Gasteiger partial charge in [-0.1, -0.05) is 35.9 Å². The van der Waals surface area contributed by atoms with Crippen LogP contribution in [0.4, 0.5) is 5.69 Å². The number of carbonyl (C=O) groups excluding carboxylic acids is 1. The van der Waals surface area contributed by atoms with E-state index in [4.69, 9.17) is 0 Å². The Balaban J connectivity index is 1.43. The molecule has 2 aromatic carbocycles.